The standard InChI is InChI=1S/C27H20ClN/c1-27(2)22-12-6-3-9-18(22)21-15-17(16-23(28)26(21)27)29-24-13-7-4-10-19(24)20-11-5-8-14-25(20)29/h3-16H,1-2H3. The molecule has 6 rings (SSSR count). The van der Waals surface area contributed by atoms with E-state index in [-0.39, 0.29) is 5.41 Å². The molecule has 1 aliphatic carbocycles. The van der Waals surface area contributed by atoms with Gasteiger partial charge in [0.15, 0.2) is 0 Å². The van der Waals surface area contributed by atoms with Crippen molar-refractivity contribution >= 4 is 33.4 Å². The lowest BCUT2D eigenvalue weighted by molar-refractivity contribution is 0.660. The molecule has 0 unspecified atom stereocenters. The lowest BCUT2D eigenvalue weighted by Gasteiger charge is -2.23. The first-order chi connectivity index (χ1) is 14.1. The van der Waals surface area contributed by atoms with Crippen LogP contribution in [0.5, 0.6) is 0 Å². The average molecular weight is 394 g/mol. The summed E-state index contributed by atoms with van der Waals surface area (Å²) in [6.07, 6.45) is 0. The lowest BCUT2D eigenvalue weighted by atomic mass is 9.82. The maximum Gasteiger partial charge on any atom is 0.0541 e. The van der Waals surface area contributed by atoms with E-state index in [0.29, 0.717) is 0 Å². The van der Waals surface area contributed by atoms with Gasteiger partial charge in [-0.1, -0.05) is 86.1 Å². The Morgan fingerprint density at radius 1 is 0.690 bits per heavy atom. The fourth-order valence-electron chi connectivity index (χ4n) is 5.17. The Kier molecular flexibility index (Phi) is 3.34. The fourth-order valence-corrected chi connectivity index (χ4v) is 5.62. The number of halogens is 1. The molecule has 1 aromatic heterocycles. The van der Waals surface area contributed by atoms with Crippen molar-refractivity contribution in [1.29, 1.82) is 0 Å². The van der Waals surface area contributed by atoms with Gasteiger partial charge in [-0.25, -0.2) is 0 Å². The van der Waals surface area contributed by atoms with Gasteiger partial charge in [-0.15, -0.1) is 0 Å². The number of para-hydroxylation sites is 2. The Labute approximate surface area is 175 Å². The van der Waals surface area contributed by atoms with Crippen molar-refractivity contribution in [3.63, 3.8) is 0 Å². The van der Waals surface area contributed by atoms with Crippen LogP contribution in [0.25, 0.3) is 38.6 Å². The summed E-state index contributed by atoms with van der Waals surface area (Å²) in [6, 6.07) is 30.3. The highest BCUT2D eigenvalue weighted by Crippen LogP contribution is 2.52. The van der Waals surface area contributed by atoms with E-state index in [4.69, 9.17) is 11.6 Å². The van der Waals surface area contributed by atoms with Crippen LogP contribution in [0.2, 0.25) is 5.02 Å². The monoisotopic (exact) mass is 393 g/mol. The summed E-state index contributed by atoms with van der Waals surface area (Å²) in [7, 11) is 0. The van der Waals surface area contributed by atoms with Crippen molar-refractivity contribution in [3.8, 4) is 16.8 Å². The average Bonchev–Trinajstić information content (AvgIpc) is 3.18. The predicted octanol–water partition coefficient (Wildman–Crippen LogP) is 7.74. The van der Waals surface area contributed by atoms with Crippen LogP contribution in [0.3, 0.4) is 0 Å². The minimum atomic E-state index is -0.0949. The number of hydrogen-bond acceptors (Lipinski definition) is 0. The summed E-state index contributed by atoms with van der Waals surface area (Å²) in [5.74, 6) is 0. The van der Waals surface area contributed by atoms with E-state index in [1.807, 2.05) is 0 Å². The number of fused-ring (bicyclic) bond motifs is 6. The molecular weight excluding hydrogens is 374 g/mol. The highest BCUT2D eigenvalue weighted by Gasteiger charge is 2.37. The topological polar surface area (TPSA) is 4.93 Å². The minimum Gasteiger partial charge on any atom is -0.309 e. The molecule has 0 radical (unpaired) electrons. The number of benzene rings is 4. The molecule has 1 heterocycles. The van der Waals surface area contributed by atoms with Crippen LogP contribution in [0, 0.1) is 0 Å². The quantitative estimate of drug-likeness (QED) is 0.274. The van der Waals surface area contributed by atoms with Crippen LogP contribution >= 0.6 is 11.6 Å². The molecule has 0 spiro atoms. The molecule has 0 aliphatic heterocycles. The van der Waals surface area contributed by atoms with Gasteiger partial charge in [0, 0.05) is 26.9 Å². The molecule has 0 N–H and O–H groups in total. The van der Waals surface area contributed by atoms with Crippen LogP contribution in [-0.4, -0.2) is 4.57 Å². The Balaban J connectivity index is 1.73. The van der Waals surface area contributed by atoms with Gasteiger partial charge in [-0.3, -0.25) is 0 Å². The first-order valence-electron chi connectivity index (χ1n) is 10.00. The molecule has 0 amide bonds. The van der Waals surface area contributed by atoms with Crippen LogP contribution in [0.15, 0.2) is 84.9 Å². The third kappa shape index (κ3) is 2.17. The Morgan fingerprint density at radius 3 is 1.97 bits per heavy atom. The van der Waals surface area contributed by atoms with Gasteiger partial charge >= 0.3 is 0 Å². The summed E-state index contributed by atoms with van der Waals surface area (Å²) in [5, 5.41) is 3.36. The van der Waals surface area contributed by atoms with E-state index in [1.165, 1.54) is 44.1 Å². The van der Waals surface area contributed by atoms with E-state index in [2.05, 4.69) is 103 Å². The number of aromatic nitrogens is 1. The van der Waals surface area contributed by atoms with Crippen molar-refractivity contribution in [3.05, 3.63) is 101 Å². The molecule has 0 atom stereocenters. The maximum atomic E-state index is 6.96. The first kappa shape index (κ1) is 16.9. The Bertz CT molecular complexity index is 1380. The van der Waals surface area contributed by atoms with Crippen molar-refractivity contribution in [2.45, 2.75) is 19.3 Å². The minimum absolute atomic E-state index is 0.0949. The summed E-state index contributed by atoms with van der Waals surface area (Å²) in [6.45, 7) is 4.54. The van der Waals surface area contributed by atoms with E-state index < -0.39 is 0 Å². The molecule has 2 heteroatoms. The van der Waals surface area contributed by atoms with Crippen molar-refractivity contribution < 1.29 is 0 Å². The van der Waals surface area contributed by atoms with Gasteiger partial charge in [0.1, 0.15) is 0 Å². The zero-order chi connectivity index (χ0) is 19.8. The van der Waals surface area contributed by atoms with Crippen molar-refractivity contribution in [2.75, 3.05) is 0 Å². The fraction of sp³-hybridized carbons (Fsp3) is 0.111. The molecule has 4 aromatic carbocycles. The molecule has 140 valence electrons. The lowest BCUT2D eigenvalue weighted by Crippen LogP contribution is -2.15. The number of hydrogen-bond donors (Lipinski definition) is 0. The van der Waals surface area contributed by atoms with Crippen LogP contribution < -0.4 is 0 Å². The summed E-state index contributed by atoms with van der Waals surface area (Å²) < 4.78 is 2.34. The summed E-state index contributed by atoms with van der Waals surface area (Å²) >= 11 is 6.96. The number of nitrogens with zero attached hydrogens (tertiary/aromatic N) is 1. The van der Waals surface area contributed by atoms with Gasteiger partial charge in [0.25, 0.3) is 0 Å². The summed E-state index contributed by atoms with van der Waals surface area (Å²) in [5.41, 5.74) is 8.53. The van der Waals surface area contributed by atoms with Gasteiger partial charge < -0.3 is 4.57 Å². The summed E-state index contributed by atoms with van der Waals surface area (Å²) in [4.78, 5) is 0. The zero-order valence-electron chi connectivity index (χ0n) is 16.4. The SMILES string of the molecule is CC1(C)c2ccccc2-c2cc(-n3c4ccccc4c4ccccc43)cc(Cl)c21. The third-order valence-corrected chi connectivity index (χ3v) is 6.73. The van der Waals surface area contributed by atoms with Crippen LogP contribution in [0.4, 0.5) is 0 Å². The van der Waals surface area contributed by atoms with Gasteiger partial charge in [-0.05, 0) is 46.5 Å². The highest BCUT2D eigenvalue weighted by atomic mass is 35.5. The Hall–Kier alpha value is -3.03. The normalized spacial score (nSPS) is 14.3. The zero-order valence-corrected chi connectivity index (χ0v) is 17.2. The Morgan fingerprint density at radius 2 is 1.28 bits per heavy atom. The van der Waals surface area contributed by atoms with Gasteiger partial charge in [0.05, 0.1) is 11.0 Å². The molecule has 0 saturated heterocycles. The van der Waals surface area contributed by atoms with E-state index in [0.717, 1.165) is 10.7 Å². The molecule has 29 heavy (non-hydrogen) atoms. The predicted molar refractivity (Wildman–Crippen MR) is 123 cm³/mol. The second kappa shape index (κ2) is 5.75. The van der Waals surface area contributed by atoms with Crippen molar-refractivity contribution in [1.82, 2.24) is 4.57 Å². The smallest absolute Gasteiger partial charge is 0.0541 e. The van der Waals surface area contributed by atoms with E-state index in [9.17, 15) is 0 Å². The molecule has 0 saturated carbocycles. The van der Waals surface area contributed by atoms with Gasteiger partial charge in [-0.2, -0.15) is 0 Å². The molecule has 1 aliphatic rings. The third-order valence-electron chi connectivity index (χ3n) is 6.43. The van der Waals surface area contributed by atoms with E-state index in [1.54, 1.807) is 0 Å². The van der Waals surface area contributed by atoms with Crippen LogP contribution in [-0.2, 0) is 5.41 Å². The van der Waals surface area contributed by atoms with Crippen molar-refractivity contribution in [2.24, 2.45) is 0 Å². The highest BCUT2D eigenvalue weighted by molar-refractivity contribution is 6.32. The molecule has 1 nitrogen and oxygen atoms in total. The maximum absolute atomic E-state index is 6.96. The van der Waals surface area contributed by atoms with E-state index >= 15 is 0 Å². The first-order valence-corrected chi connectivity index (χ1v) is 10.4. The number of rotatable bonds is 1. The van der Waals surface area contributed by atoms with Gasteiger partial charge in [0.2, 0.25) is 0 Å². The molecule has 5 aromatic rings. The molecular formula is C27H20ClN. The second-order valence-electron chi connectivity index (χ2n) is 8.39. The second-order valence-corrected chi connectivity index (χ2v) is 8.80. The molecule has 0 fully saturated rings. The largest absolute Gasteiger partial charge is 0.309 e. The molecule has 0 bridgehead atoms. The van der Waals surface area contributed by atoms with Crippen LogP contribution in [0.1, 0.15) is 25.0 Å².